The summed E-state index contributed by atoms with van der Waals surface area (Å²) in [7, 11) is 0. The van der Waals surface area contributed by atoms with Gasteiger partial charge in [0.15, 0.2) is 0 Å². The Hall–Kier alpha value is -3.41. The second kappa shape index (κ2) is 5.81. The van der Waals surface area contributed by atoms with Gasteiger partial charge in [-0.25, -0.2) is 4.98 Å². The Kier molecular flexibility index (Phi) is 3.40. The number of hydrogen-bond acceptors (Lipinski definition) is 3. The Morgan fingerprint density at radius 1 is 1.07 bits per heavy atom. The normalized spacial score (nSPS) is 16.9. The topological polar surface area (TPSA) is 71.0 Å². The van der Waals surface area contributed by atoms with Crippen molar-refractivity contribution >= 4 is 27.7 Å². The Morgan fingerprint density at radius 2 is 1.81 bits per heavy atom. The molecule has 1 aliphatic heterocycles. The van der Waals surface area contributed by atoms with Gasteiger partial charge in [-0.2, -0.15) is 0 Å². The number of amides is 1. The van der Waals surface area contributed by atoms with Gasteiger partial charge < -0.3 is 9.88 Å². The zero-order valence-corrected chi connectivity index (χ0v) is 14.8. The van der Waals surface area contributed by atoms with Gasteiger partial charge in [-0.05, 0) is 30.7 Å². The van der Waals surface area contributed by atoms with E-state index in [-0.39, 0.29) is 11.5 Å². The lowest BCUT2D eigenvalue weighted by molar-refractivity contribution is -0.137. The number of aromatic amines is 1. The van der Waals surface area contributed by atoms with E-state index in [1.807, 2.05) is 48.7 Å². The van der Waals surface area contributed by atoms with E-state index in [1.54, 1.807) is 17.9 Å². The van der Waals surface area contributed by atoms with E-state index in [1.165, 1.54) is 4.57 Å². The van der Waals surface area contributed by atoms with Crippen LogP contribution in [0.4, 0.5) is 0 Å². The number of aromatic nitrogens is 3. The highest BCUT2D eigenvalue weighted by Crippen LogP contribution is 2.25. The SMILES string of the molecule is C[C@H]1C(=O)N(Cc2c[nH]c3ccccc23)Cc2nc3ccccc3c(=O)n21. The van der Waals surface area contributed by atoms with Crippen LogP contribution in [-0.2, 0) is 17.9 Å². The number of benzene rings is 2. The standard InChI is InChI=1S/C21H18N4O2/c1-13-20(26)24(11-14-10-22-17-8-4-2-6-15(14)17)12-19-23-18-9-5-3-7-16(18)21(27)25(13)19/h2-10,13,22H,11-12H2,1H3/t13-/m0/s1. The van der Waals surface area contributed by atoms with Gasteiger partial charge >= 0.3 is 0 Å². The summed E-state index contributed by atoms with van der Waals surface area (Å²) >= 11 is 0. The van der Waals surface area contributed by atoms with E-state index in [0.29, 0.717) is 29.8 Å². The monoisotopic (exact) mass is 358 g/mol. The second-order valence-corrected chi connectivity index (χ2v) is 6.95. The highest BCUT2D eigenvalue weighted by molar-refractivity contribution is 5.85. The van der Waals surface area contributed by atoms with Crippen molar-refractivity contribution < 1.29 is 4.79 Å². The molecule has 3 heterocycles. The molecule has 27 heavy (non-hydrogen) atoms. The van der Waals surface area contributed by atoms with Crippen LogP contribution in [0, 0.1) is 0 Å². The zero-order chi connectivity index (χ0) is 18.5. The van der Waals surface area contributed by atoms with Crippen LogP contribution in [0.25, 0.3) is 21.8 Å². The molecule has 0 radical (unpaired) electrons. The molecule has 1 atom stereocenters. The number of para-hydroxylation sites is 2. The van der Waals surface area contributed by atoms with Gasteiger partial charge in [-0.3, -0.25) is 14.2 Å². The summed E-state index contributed by atoms with van der Waals surface area (Å²) in [6, 6.07) is 14.7. The van der Waals surface area contributed by atoms with Crippen LogP contribution in [-0.4, -0.2) is 25.3 Å². The summed E-state index contributed by atoms with van der Waals surface area (Å²) in [5.74, 6) is 0.567. The molecule has 0 saturated carbocycles. The second-order valence-electron chi connectivity index (χ2n) is 6.95. The number of nitrogens with zero attached hydrogens (tertiary/aromatic N) is 3. The molecule has 1 aliphatic rings. The fraction of sp³-hybridized carbons (Fsp3) is 0.190. The molecule has 0 fully saturated rings. The summed E-state index contributed by atoms with van der Waals surface area (Å²) in [4.78, 5) is 35.5. The first-order chi connectivity index (χ1) is 13.1. The van der Waals surface area contributed by atoms with E-state index in [2.05, 4.69) is 9.97 Å². The van der Waals surface area contributed by atoms with Crippen LogP contribution in [0.3, 0.4) is 0 Å². The van der Waals surface area contributed by atoms with Crippen molar-refractivity contribution in [3.05, 3.63) is 76.5 Å². The molecule has 4 aromatic rings. The van der Waals surface area contributed by atoms with E-state index in [0.717, 1.165) is 16.5 Å². The summed E-state index contributed by atoms with van der Waals surface area (Å²) in [6.07, 6.45) is 1.94. The lowest BCUT2D eigenvalue weighted by Gasteiger charge is -2.33. The third-order valence-corrected chi connectivity index (χ3v) is 5.31. The van der Waals surface area contributed by atoms with Crippen LogP contribution in [0.2, 0.25) is 0 Å². The first kappa shape index (κ1) is 15.8. The van der Waals surface area contributed by atoms with Gasteiger partial charge in [-0.1, -0.05) is 30.3 Å². The fourth-order valence-corrected chi connectivity index (χ4v) is 3.93. The van der Waals surface area contributed by atoms with Crippen molar-refractivity contribution in [1.29, 1.82) is 0 Å². The minimum absolute atomic E-state index is 0.0630. The van der Waals surface area contributed by atoms with Gasteiger partial charge in [0, 0.05) is 23.6 Å². The Bertz CT molecular complexity index is 1250. The molecule has 0 saturated heterocycles. The van der Waals surface area contributed by atoms with Crippen molar-refractivity contribution in [1.82, 2.24) is 19.4 Å². The summed E-state index contributed by atoms with van der Waals surface area (Å²) in [5.41, 5.74) is 2.62. The smallest absolute Gasteiger partial charge is 0.262 e. The molecule has 134 valence electrons. The molecular weight excluding hydrogens is 340 g/mol. The average molecular weight is 358 g/mol. The van der Waals surface area contributed by atoms with Gasteiger partial charge in [0.05, 0.1) is 17.4 Å². The zero-order valence-electron chi connectivity index (χ0n) is 14.8. The predicted octanol–water partition coefficient (Wildman–Crippen LogP) is 2.98. The number of hydrogen-bond donors (Lipinski definition) is 1. The first-order valence-corrected chi connectivity index (χ1v) is 8.97. The van der Waals surface area contributed by atoms with Gasteiger partial charge in [0.2, 0.25) is 5.91 Å². The summed E-state index contributed by atoms with van der Waals surface area (Å²) in [5, 5.41) is 1.65. The van der Waals surface area contributed by atoms with Gasteiger partial charge in [-0.15, -0.1) is 0 Å². The maximum Gasteiger partial charge on any atom is 0.262 e. The van der Waals surface area contributed by atoms with Crippen LogP contribution in [0.1, 0.15) is 24.4 Å². The van der Waals surface area contributed by atoms with Crippen LogP contribution in [0.15, 0.2) is 59.5 Å². The third-order valence-electron chi connectivity index (χ3n) is 5.31. The Morgan fingerprint density at radius 3 is 2.67 bits per heavy atom. The predicted molar refractivity (Wildman–Crippen MR) is 103 cm³/mol. The number of fused-ring (bicyclic) bond motifs is 3. The molecular formula is C21H18N4O2. The van der Waals surface area contributed by atoms with E-state index in [4.69, 9.17) is 0 Å². The molecule has 1 N–H and O–H groups in total. The van der Waals surface area contributed by atoms with Crippen LogP contribution >= 0.6 is 0 Å². The number of carbonyl (C=O) groups excluding carboxylic acids is 1. The number of carbonyl (C=O) groups is 1. The van der Waals surface area contributed by atoms with Crippen LogP contribution in [0.5, 0.6) is 0 Å². The highest BCUT2D eigenvalue weighted by atomic mass is 16.2. The number of rotatable bonds is 2. The molecule has 0 bridgehead atoms. The Labute approximate surface area is 155 Å². The maximum atomic E-state index is 13.0. The quantitative estimate of drug-likeness (QED) is 0.599. The van der Waals surface area contributed by atoms with E-state index < -0.39 is 6.04 Å². The van der Waals surface area contributed by atoms with Crippen molar-refractivity contribution in [3.8, 4) is 0 Å². The molecule has 2 aromatic carbocycles. The van der Waals surface area contributed by atoms with Crippen molar-refractivity contribution in [2.45, 2.75) is 26.1 Å². The molecule has 0 spiro atoms. The molecule has 0 unspecified atom stereocenters. The average Bonchev–Trinajstić information content (AvgIpc) is 3.09. The molecule has 5 rings (SSSR count). The number of H-pyrrole nitrogens is 1. The third kappa shape index (κ3) is 2.37. The number of nitrogens with one attached hydrogen (secondary N) is 1. The minimum atomic E-state index is -0.566. The largest absolute Gasteiger partial charge is 0.361 e. The summed E-state index contributed by atoms with van der Waals surface area (Å²) in [6.45, 7) is 2.57. The molecule has 6 heteroatoms. The maximum absolute atomic E-state index is 13.0. The van der Waals surface area contributed by atoms with Crippen molar-refractivity contribution in [2.75, 3.05) is 0 Å². The molecule has 6 nitrogen and oxygen atoms in total. The lowest BCUT2D eigenvalue weighted by atomic mass is 10.1. The Balaban J connectivity index is 1.58. The molecule has 2 aromatic heterocycles. The van der Waals surface area contributed by atoms with Crippen LogP contribution < -0.4 is 5.56 Å². The van der Waals surface area contributed by atoms with Gasteiger partial charge in [0.1, 0.15) is 11.9 Å². The molecule has 0 aliphatic carbocycles. The van der Waals surface area contributed by atoms with Crippen molar-refractivity contribution in [3.63, 3.8) is 0 Å². The van der Waals surface area contributed by atoms with E-state index in [9.17, 15) is 9.59 Å². The summed E-state index contributed by atoms with van der Waals surface area (Å²) < 4.78 is 1.54. The lowest BCUT2D eigenvalue weighted by Crippen LogP contribution is -2.46. The minimum Gasteiger partial charge on any atom is -0.361 e. The van der Waals surface area contributed by atoms with Crippen molar-refractivity contribution in [2.24, 2.45) is 0 Å². The fourth-order valence-electron chi connectivity index (χ4n) is 3.93. The first-order valence-electron chi connectivity index (χ1n) is 8.97. The van der Waals surface area contributed by atoms with Gasteiger partial charge in [0.25, 0.3) is 5.56 Å². The highest BCUT2D eigenvalue weighted by Gasteiger charge is 2.32. The van der Waals surface area contributed by atoms with E-state index >= 15 is 0 Å². The molecule has 1 amide bonds.